The highest BCUT2D eigenvalue weighted by molar-refractivity contribution is 5.98. The number of esters is 1. The number of hydrogen-bond donors (Lipinski definition) is 2. The van der Waals surface area contributed by atoms with E-state index in [1.165, 1.54) is 7.11 Å². The summed E-state index contributed by atoms with van der Waals surface area (Å²) >= 11 is 0. The van der Waals surface area contributed by atoms with E-state index in [9.17, 15) is 14.4 Å². The number of pyridine rings is 1. The minimum Gasteiger partial charge on any atom is -0.497 e. The Kier molecular flexibility index (Phi) is 11.0. The fraction of sp³-hybridized carbons (Fsp3) is 0.429. The van der Waals surface area contributed by atoms with Crippen molar-refractivity contribution in [3.63, 3.8) is 0 Å². The van der Waals surface area contributed by atoms with Crippen LogP contribution in [0.15, 0.2) is 66.2 Å². The van der Waals surface area contributed by atoms with Crippen molar-refractivity contribution in [3.05, 3.63) is 66.2 Å². The van der Waals surface area contributed by atoms with Crippen molar-refractivity contribution in [1.29, 1.82) is 0 Å². The molecule has 2 N–H and O–H groups in total. The minimum atomic E-state index is -0.822. The zero-order valence-electron chi connectivity index (χ0n) is 26.4. The first-order chi connectivity index (χ1) is 21.1. The molecule has 0 fully saturated rings. The van der Waals surface area contributed by atoms with Crippen LogP contribution in [0.2, 0.25) is 0 Å². The molecule has 1 aromatic heterocycles. The van der Waals surface area contributed by atoms with Crippen LogP contribution in [-0.2, 0) is 19.1 Å². The van der Waals surface area contributed by atoms with Gasteiger partial charge in [0, 0.05) is 28.7 Å². The van der Waals surface area contributed by atoms with Crippen molar-refractivity contribution in [2.24, 2.45) is 11.8 Å². The predicted octanol–water partition coefficient (Wildman–Crippen LogP) is 5.61. The van der Waals surface area contributed by atoms with Gasteiger partial charge in [0.2, 0.25) is 11.8 Å². The molecule has 1 aliphatic carbocycles. The molecule has 234 valence electrons. The zero-order chi connectivity index (χ0) is 31.8. The monoisotopic (exact) mass is 601 g/mol. The van der Waals surface area contributed by atoms with Gasteiger partial charge >= 0.3 is 5.97 Å². The number of rotatable bonds is 13. The van der Waals surface area contributed by atoms with Gasteiger partial charge in [-0.1, -0.05) is 64.4 Å². The van der Waals surface area contributed by atoms with Crippen molar-refractivity contribution < 1.29 is 28.6 Å². The fourth-order valence-corrected chi connectivity index (χ4v) is 5.49. The van der Waals surface area contributed by atoms with Gasteiger partial charge in [0.15, 0.2) is 0 Å². The summed E-state index contributed by atoms with van der Waals surface area (Å²) in [6.45, 7) is 7.64. The number of aromatic nitrogens is 1. The molecule has 0 spiro atoms. The molecule has 1 unspecified atom stereocenters. The molecule has 4 rings (SSSR count). The first-order valence-corrected chi connectivity index (χ1v) is 15.3. The average Bonchev–Trinajstić information content (AvgIpc) is 3.50. The largest absolute Gasteiger partial charge is 0.497 e. The molecule has 9 heteroatoms. The van der Waals surface area contributed by atoms with Crippen LogP contribution in [0.3, 0.4) is 0 Å². The second-order valence-corrected chi connectivity index (χ2v) is 11.6. The number of carbonyl (C=O) groups is 3. The minimum absolute atomic E-state index is 0.108. The second-order valence-electron chi connectivity index (χ2n) is 11.6. The van der Waals surface area contributed by atoms with Crippen molar-refractivity contribution in [3.8, 4) is 22.8 Å². The summed E-state index contributed by atoms with van der Waals surface area (Å²) in [5.41, 5.74) is 3.02. The molecule has 4 atom stereocenters. The van der Waals surface area contributed by atoms with E-state index in [-0.39, 0.29) is 23.8 Å². The summed E-state index contributed by atoms with van der Waals surface area (Å²) in [4.78, 5) is 44.0. The van der Waals surface area contributed by atoms with Crippen molar-refractivity contribution in [2.45, 2.75) is 71.6 Å². The lowest BCUT2D eigenvalue weighted by Crippen LogP contribution is -2.55. The maximum Gasteiger partial charge on any atom is 0.328 e. The molecule has 2 amide bonds. The van der Waals surface area contributed by atoms with E-state index in [4.69, 9.17) is 19.2 Å². The Labute approximate surface area is 259 Å². The number of ether oxygens (including phenoxy) is 3. The summed E-state index contributed by atoms with van der Waals surface area (Å²) in [6.07, 6.45) is 4.22. The number of amides is 2. The van der Waals surface area contributed by atoms with Crippen LogP contribution in [0, 0.1) is 11.8 Å². The maximum absolute atomic E-state index is 13.4. The highest BCUT2D eigenvalue weighted by atomic mass is 16.5. The van der Waals surface area contributed by atoms with Gasteiger partial charge in [0.25, 0.3) is 0 Å². The summed E-state index contributed by atoms with van der Waals surface area (Å²) in [6, 6.07) is 15.9. The van der Waals surface area contributed by atoms with Crippen LogP contribution in [0.4, 0.5) is 0 Å². The number of methoxy groups -OCH3 is 2. The highest BCUT2D eigenvalue weighted by Gasteiger charge is 2.33. The fourth-order valence-electron chi connectivity index (χ4n) is 5.49. The molecule has 9 nitrogen and oxygen atoms in total. The second kappa shape index (κ2) is 14.9. The smallest absolute Gasteiger partial charge is 0.328 e. The van der Waals surface area contributed by atoms with Gasteiger partial charge in [-0.25, -0.2) is 9.78 Å². The normalized spacial score (nSPS) is 16.5. The average molecular weight is 602 g/mol. The van der Waals surface area contributed by atoms with E-state index < -0.39 is 24.0 Å². The first kappa shape index (κ1) is 32.5. The zero-order valence-corrected chi connectivity index (χ0v) is 26.4. The summed E-state index contributed by atoms with van der Waals surface area (Å²) in [5, 5.41) is 6.56. The van der Waals surface area contributed by atoms with Crippen molar-refractivity contribution >= 4 is 28.7 Å². The van der Waals surface area contributed by atoms with Crippen LogP contribution in [0.25, 0.3) is 22.2 Å². The number of nitrogens with zero attached hydrogens (tertiary/aromatic N) is 1. The van der Waals surface area contributed by atoms with Gasteiger partial charge in [-0.05, 0) is 49.3 Å². The van der Waals surface area contributed by atoms with E-state index in [2.05, 4.69) is 10.6 Å². The molecule has 0 bridgehead atoms. The van der Waals surface area contributed by atoms with Gasteiger partial charge in [-0.2, -0.15) is 0 Å². The van der Waals surface area contributed by atoms with Crippen LogP contribution in [0.1, 0.15) is 53.4 Å². The number of carbonyl (C=O) groups excluding carboxylic acids is 3. The van der Waals surface area contributed by atoms with Gasteiger partial charge < -0.3 is 24.8 Å². The molecule has 2 aromatic carbocycles. The Balaban J connectivity index is 1.52. The Morgan fingerprint density at radius 3 is 2.39 bits per heavy atom. The van der Waals surface area contributed by atoms with Gasteiger partial charge in [-0.15, -0.1) is 0 Å². The Morgan fingerprint density at radius 2 is 1.73 bits per heavy atom. The first-order valence-electron chi connectivity index (χ1n) is 15.3. The lowest BCUT2D eigenvalue weighted by molar-refractivity contribution is -0.147. The third-order valence-electron chi connectivity index (χ3n) is 8.01. The number of hydrogen-bond acceptors (Lipinski definition) is 7. The van der Waals surface area contributed by atoms with Crippen LogP contribution < -0.4 is 20.1 Å². The standard InChI is InChI=1S/C35H43N3O6/c1-7-11-22(4)32(35(41)43-6)38-34(40)31(21(2)3)37-33(39)24-14-15-26(18-24)44-30-20-28(23-12-9-8-10-13-23)36-29-19-25(42-5)16-17-27(29)30/h8-10,12-13,16-22,26,31-32H,7,11,14-15H2,1-6H3,(H,37,39)(H,38,40)/t22?,26-,31+,32+/m0/s1. The van der Waals surface area contributed by atoms with Crippen LogP contribution >= 0.6 is 0 Å². The molecule has 0 saturated carbocycles. The SMILES string of the molecule is CCCC(C)[C@@H](NC(=O)[C@H](NC(=O)C1=C[C@@H](Oc2cc(-c3ccccc3)nc3cc(OC)ccc23)CC1)C(C)C)C(=O)OC. The van der Waals surface area contributed by atoms with Gasteiger partial charge in [-0.3, -0.25) is 9.59 Å². The predicted molar refractivity (Wildman–Crippen MR) is 170 cm³/mol. The molecule has 1 aliphatic rings. The lowest BCUT2D eigenvalue weighted by Gasteiger charge is -2.27. The summed E-state index contributed by atoms with van der Waals surface area (Å²) < 4.78 is 16.8. The van der Waals surface area contributed by atoms with Gasteiger partial charge in [0.1, 0.15) is 29.7 Å². The van der Waals surface area contributed by atoms with E-state index >= 15 is 0 Å². The summed E-state index contributed by atoms with van der Waals surface area (Å²) in [7, 11) is 2.93. The quantitative estimate of drug-likeness (QED) is 0.245. The van der Waals surface area contributed by atoms with E-state index in [0.29, 0.717) is 29.9 Å². The highest BCUT2D eigenvalue weighted by Crippen LogP contribution is 2.34. The third-order valence-corrected chi connectivity index (χ3v) is 8.01. The topological polar surface area (TPSA) is 116 Å². The van der Waals surface area contributed by atoms with Crippen LogP contribution in [-0.4, -0.2) is 55.2 Å². The molecule has 0 saturated heterocycles. The Bertz CT molecular complexity index is 1500. The van der Waals surface area contributed by atoms with E-state index in [1.807, 2.05) is 88.4 Å². The molecule has 0 radical (unpaired) electrons. The molecule has 44 heavy (non-hydrogen) atoms. The van der Waals surface area contributed by atoms with Crippen LogP contribution in [0.5, 0.6) is 11.5 Å². The molecular formula is C35H43N3O6. The van der Waals surface area contributed by atoms with Crippen molar-refractivity contribution in [1.82, 2.24) is 15.6 Å². The van der Waals surface area contributed by atoms with Gasteiger partial charge in [0.05, 0.1) is 25.4 Å². The van der Waals surface area contributed by atoms with Crippen molar-refractivity contribution in [2.75, 3.05) is 14.2 Å². The third kappa shape index (κ3) is 7.75. The molecule has 0 aliphatic heterocycles. The summed E-state index contributed by atoms with van der Waals surface area (Å²) in [5.74, 6) is -0.187. The Hall–Kier alpha value is -4.40. The van der Waals surface area contributed by atoms with E-state index in [1.54, 1.807) is 7.11 Å². The lowest BCUT2D eigenvalue weighted by atomic mass is 9.95. The van der Waals surface area contributed by atoms with E-state index in [0.717, 1.165) is 35.0 Å². The number of fused-ring (bicyclic) bond motifs is 1. The number of benzene rings is 2. The molecule has 1 heterocycles. The molecule has 3 aromatic rings. The number of nitrogens with one attached hydrogen (secondary N) is 2. The Morgan fingerprint density at radius 1 is 0.977 bits per heavy atom. The maximum atomic E-state index is 13.4. The molecular weight excluding hydrogens is 558 g/mol.